The third-order valence-corrected chi connectivity index (χ3v) is 3.82. The molecule has 0 aliphatic carbocycles. The lowest BCUT2D eigenvalue weighted by Crippen LogP contribution is -2.14. The molecule has 9 heteroatoms. The van der Waals surface area contributed by atoms with Gasteiger partial charge in [-0.1, -0.05) is 0 Å². The van der Waals surface area contributed by atoms with E-state index in [9.17, 15) is 27.7 Å². The Morgan fingerprint density at radius 1 is 1.42 bits per heavy atom. The number of nitro groups is 1. The highest BCUT2D eigenvalue weighted by atomic mass is 32.2. The Morgan fingerprint density at radius 3 is 2.58 bits per heavy atom. The number of rotatable bonds is 6. The molecule has 0 bridgehead atoms. The van der Waals surface area contributed by atoms with Gasteiger partial charge in [0.15, 0.2) is 9.84 Å². The third kappa shape index (κ3) is 4.62. The number of nitro benzene ring substituents is 1. The van der Waals surface area contributed by atoms with E-state index in [1.165, 1.54) is 0 Å². The zero-order valence-electron chi connectivity index (χ0n) is 9.58. The Balaban J connectivity index is 3.01. The maximum atomic E-state index is 13.0. The minimum atomic E-state index is -3.85. The number of hydrogen-bond donors (Lipinski definition) is 1. The second kappa shape index (κ2) is 5.74. The molecule has 0 aliphatic heterocycles. The largest absolute Gasteiger partial charge is 0.481 e. The summed E-state index contributed by atoms with van der Waals surface area (Å²) < 4.78 is 36.2. The number of hydrogen-bond acceptors (Lipinski definition) is 5. The molecule has 1 N–H and O–H groups in total. The van der Waals surface area contributed by atoms with Gasteiger partial charge >= 0.3 is 5.97 Å². The fourth-order valence-corrected chi connectivity index (χ4v) is 2.73. The average Bonchev–Trinajstić information content (AvgIpc) is 2.25. The monoisotopic (exact) mass is 291 g/mol. The van der Waals surface area contributed by atoms with Crippen LogP contribution in [0, 0.1) is 15.9 Å². The molecular formula is C10H10FNO6S. The smallest absolute Gasteiger partial charge is 0.304 e. The molecule has 1 rings (SSSR count). The molecule has 0 atom stereocenters. The highest BCUT2D eigenvalue weighted by molar-refractivity contribution is 7.90. The van der Waals surface area contributed by atoms with Crippen molar-refractivity contribution in [3.05, 3.63) is 39.7 Å². The van der Waals surface area contributed by atoms with Crippen molar-refractivity contribution in [1.82, 2.24) is 0 Å². The Labute approximate surface area is 107 Å². The van der Waals surface area contributed by atoms with E-state index in [0.717, 1.165) is 18.2 Å². The Kier molecular flexibility index (Phi) is 4.54. The van der Waals surface area contributed by atoms with Crippen LogP contribution in [-0.4, -0.2) is 30.2 Å². The summed E-state index contributed by atoms with van der Waals surface area (Å²) in [6.07, 6.45) is -0.606. The molecule has 0 heterocycles. The summed E-state index contributed by atoms with van der Waals surface area (Å²) in [4.78, 5) is 20.2. The predicted molar refractivity (Wildman–Crippen MR) is 62.8 cm³/mol. The normalized spacial score (nSPS) is 11.2. The topological polar surface area (TPSA) is 115 Å². The van der Waals surface area contributed by atoms with Crippen LogP contribution >= 0.6 is 0 Å². The maximum absolute atomic E-state index is 13.0. The van der Waals surface area contributed by atoms with E-state index in [4.69, 9.17) is 5.11 Å². The van der Waals surface area contributed by atoms with E-state index in [2.05, 4.69) is 0 Å². The number of sulfone groups is 1. The lowest BCUT2D eigenvalue weighted by Gasteiger charge is -2.04. The number of carboxylic acid groups (broad SMARTS) is 1. The van der Waals surface area contributed by atoms with Gasteiger partial charge in [0, 0.05) is 11.6 Å². The quantitative estimate of drug-likeness (QED) is 0.620. The van der Waals surface area contributed by atoms with Gasteiger partial charge in [-0.25, -0.2) is 12.8 Å². The van der Waals surface area contributed by atoms with Gasteiger partial charge in [-0.05, 0) is 12.1 Å². The lowest BCUT2D eigenvalue weighted by atomic mass is 10.2. The van der Waals surface area contributed by atoms with Gasteiger partial charge in [-0.2, -0.15) is 0 Å². The first-order valence-corrected chi connectivity index (χ1v) is 6.88. The van der Waals surface area contributed by atoms with E-state index in [1.807, 2.05) is 0 Å². The van der Waals surface area contributed by atoms with Gasteiger partial charge in [0.05, 0.1) is 22.8 Å². The Bertz CT molecular complexity index is 612. The molecule has 0 fully saturated rings. The average molecular weight is 291 g/mol. The summed E-state index contributed by atoms with van der Waals surface area (Å²) >= 11 is 0. The van der Waals surface area contributed by atoms with Crippen molar-refractivity contribution in [2.45, 2.75) is 12.2 Å². The first-order chi connectivity index (χ1) is 8.71. The maximum Gasteiger partial charge on any atom is 0.304 e. The van der Waals surface area contributed by atoms with Crippen LogP contribution < -0.4 is 0 Å². The highest BCUT2D eigenvalue weighted by Gasteiger charge is 2.21. The van der Waals surface area contributed by atoms with Crippen LogP contribution in [0.4, 0.5) is 10.1 Å². The van der Waals surface area contributed by atoms with Crippen LogP contribution in [0.1, 0.15) is 12.0 Å². The van der Waals surface area contributed by atoms with E-state index >= 15 is 0 Å². The second-order valence-corrected chi connectivity index (χ2v) is 5.95. The molecule has 0 spiro atoms. The van der Waals surface area contributed by atoms with Gasteiger partial charge in [0.25, 0.3) is 5.69 Å². The summed E-state index contributed by atoms with van der Waals surface area (Å²) in [5, 5.41) is 19.1. The fraction of sp³-hybridized carbons (Fsp3) is 0.300. The minimum Gasteiger partial charge on any atom is -0.481 e. The zero-order chi connectivity index (χ0) is 14.6. The minimum absolute atomic E-state index is 0.296. The molecular weight excluding hydrogens is 281 g/mol. The summed E-state index contributed by atoms with van der Waals surface area (Å²) in [5.41, 5.74) is -0.810. The van der Waals surface area contributed by atoms with E-state index in [-0.39, 0.29) is 5.56 Å². The van der Waals surface area contributed by atoms with Gasteiger partial charge in [-0.15, -0.1) is 0 Å². The molecule has 1 aromatic carbocycles. The van der Waals surface area contributed by atoms with Crippen LogP contribution in [0.15, 0.2) is 18.2 Å². The third-order valence-electron chi connectivity index (χ3n) is 2.24. The van der Waals surface area contributed by atoms with Crippen molar-refractivity contribution >= 4 is 21.5 Å². The van der Waals surface area contributed by atoms with Gasteiger partial charge in [-0.3, -0.25) is 14.9 Å². The van der Waals surface area contributed by atoms with Crippen molar-refractivity contribution in [3.8, 4) is 0 Å². The molecule has 0 saturated heterocycles. The summed E-state index contributed by atoms with van der Waals surface area (Å²) in [6.45, 7) is 0. The molecule has 1 aromatic rings. The number of carbonyl (C=O) groups is 1. The van der Waals surface area contributed by atoms with Crippen LogP contribution in [0.2, 0.25) is 0 Å². The first-order valence-electron chi connectivity index (χ1n) is 5.06. The molecule has 0 aromatic heterocycles. The summed E-state index contributed by atoms with van der Waals surface area (Å²) in [7, 11) is -3.85. The molecule has 0 radical (unpaired) electrons. The van der Waals surface area contributed by atoms with Crippen LogP contribution in [0.25, 0.3) is 0 Å². The number of halogens is 1. The summed E-state index contributed by atoms with van der Waals surface area (Å²) in [5.74, 6) is -3.52. The second-order valence-electron chi connectivity index (χ2n) is 3.77. The zero-order valence-corrected chi connectivity index (χ0v) is 10.4. The molecule has 0 unspecified atom stereocenters. The standard InChI is InChI=1S/C10H10FNO6S/c11-8-1-2-9(12(15)16)7(5-8)6-19(17,18)4-3-10(13)14/h1-2,5H,3-4,6H2,(H,13,14). The number of benzene rings is 1. The molecule has 19 heavy (non-hydrogen) atoms. The molecule has 104 valence electrons. The lowest BCUT2D eigenvalue weighted by molar-refractivity contribution is -0.385. The van der Waals surface area contributed by atoms with Crippen LogP contribution in [0.5, 0.6) is 0 Å². The number of nitrogens with zero attached hydrogens (tertiary/aromatic N) is 1. The summed E-state index contributed by atoms with van der Waals surface area (Å²) in [6, 6.07) is 2.49. The van der Waals surface area contributed by atoms with Crippen molar-refractivity contribution in [3.63, 3.8) is 0 Å². The van der Waals surface area contributed by atoms with Crippen LogP contribution in [-0.2, 0) is 20.4 Å². The van der Waals surface area contributed by atoms with Crippen molar-refractivity contribution < 1.29 is 27.6 Å². The first kappa shape index (κ1) is 15.0. The van der Waals surface area contributed by atoms with Gasteiger partial charge in [0.1, 0.15) is 5.82 Å². The van der Waals surface area contributed by atoms with Crippen molar-refractivity contribution in [2.24, 2.45) is 0 Å². The predicted octanol–water partition coefficient (Wildman–Crippen LogP) is 1.12. The van der Waals surface area contributed by atoms with E-state index in [0.29, 0.717) is 0 Å². The van der Waals surface area contributed by atoms with E-state index in [1.54, 1.807) is 0 Å². The molecule has 7 nitrogen and oxygen atoms in total. The molecule has 0 aliphatic rings. The van der Waals surface area contributed by atoms with Crippen molar-refractivity contribution in [2.75, 3.05) is 5.75 Å². The van der Waals surface area contributed by atoms with E-state index < -0.39 is 50.2 Å². The SMILES string of the molecule is O=C(O)CCS(=O)(=O)Cc1cc(F)ccc1[N+](=O)[O-]. The Morgan fingerprint density at radius 2 is 2.05 bits per heavy atom. The Hall–Kier alpha value is -2.03. The number of carboxylic acids is 1. The van der Waals surface area contributed by atoms with Gasteiger partial charge < -0.3 is 5.11 Å². The van der Waals surface area contributed by atoms with Crippen molar-refractivity contribution in [1.29, 1.82) is 0 Å². The van der Waals surface area contributed by atoms with Crippen LogP contribution in [0.3, 0.4) is 0 Å². The number of aliphatic carboxylic acids is 1. The highest BCUT2D eigenvalue weighted by Crippen LogP contribution is 2.22. The van der Waals surface area contributed by atoms with Gasteiger partial charge in [0.2, 0.25) is 0 Å². The molecule has 0 amide bonds. The molecule has 0 saturated carbocycles. The fourth-order valence-electron chi connectivity index (χ4n) is 1.40.